The summed E-state index contributed by atoms with van der Waals surface area (Å²) in [6.45, 7) is 2.05. The zero-order valence-corrected chi connectivity index (χ0v) is 19.1. The summed E-state index contributed by atoms with van der Waals surface area (Å²) in [5.41, 5.74) is 9.35. The number of pyridine rings is 1. The lowest BCUT2D eigenvalue weighted by molar-refractivity contribution is 0.590. The van der Waals surface area contributed by atoms with E-state index in [2.05, 4.69) is 22.3 Å². The van der Waals surface area contributed by atoms with Crippen molar-refractivity contribution >= 4 is 33.6 Å². The topological polar surface area (TPSA) is 81.7 Å². The minimum absolute atomic E-state index is 0.293. The van der Waals surface area contributed by atoms with Crippen molar-refractivity contribution in [3.05, 3.63) is 88.3 Å². The summed E-state index contributed by atoms with van der Waals surface area (Å²) >= 11 is 1.59. The van der Waals surface area contributed by atoms with Crippen molar-refractivity contribution in [1.82, 2.24) is 19.7 Å². The molecule has 33 heavy (non-hydrogen) atoms. The lowest BCUT2D eigenvalue weighted by atomic mass is 10.0. The first-order chi connectivity index (χ1) is 16.0. The van der Waals surface area contributed by atoms with Crippen LogP contribution in [0.3, 0.4) is 0 Å². The molecule has 3 N–H and O–H groups in total. The molecule has 0 amide bonds. The highest BCUT2D eigenvalue weighted by molar-refractivity contribution is 7.08. The van der Waals surface area contributed by atoms with Crippen LogP contribution in [-0.4, -0.2) is 19.7 Å². The quantitative estimate of drug-likeness (QED) is 0.347. The summed E-state index contributed by atoms with van der Waals surface area (Å²) in [5, 5.41) is 13.9. The summed E-state index contributed by atoms with van der Waals surface area (Å²) in [7, 11) is 1.83. The third-order valence-electron chi connectivity index (χ3n) is 5.72. The second kappa shape index (κ2) is 8.63. The molecular formula is C25H23FN6S. The van der Waals surface area contributed by atoms with Crippen LogP contribution in [0.15, 0.2) is 65.5 Å². The fourth-order valence-corrected chi connectivity index (χ4v) is 4.57. The molecule has 0 saturated carbocycles. The molecule has 0 fully saturated rings. The van der Waals surface area contributed by atoms with Gasteiger partial charge < -0.3 is 11.1 Å². The molecule has 0 aliphatic heterocycles. The zero-order chi connectivity index (χ0) is 22.9. The number of benzene rings is 2. The predicted molar refractivity (Wildman–Crippen MR) is 132 cm³/mol. The SMILES string of the molecule is CCc1ccc(F)c(C(Nc2ccc3c(N)nccc3c2)c2nc(-c3ccsc3)nn2C)c1. The molecule has 5 aromatic rings. The zero-order valence-electron chi connectivity index (χ0n) is 18.3. The second-order valence-electron chi connectivity index (χ2n) is 7.85. The van der Waals surface area contributed by atoms with E-state index in [1.54, 1.807) is 22.2 Å². The van der Waals surface area contributed by atoms with E-state index in [-0.39, 0.29) is 5.82 Å². The number of hydrogen-bond donors (Lipinski definition) is 2. The van der Waals surface area contributed by atoms with Crippen molar-refractivity contribution in [2.24, 2.45) is 7.05 Å². The Hall–Kier alpha value is -3.78. The van der Waals surface area contributed by atoms with Gasteiger partial charge >= 0.3 is 0 Å². The molecule has 0 aliphatic rings. The van der Waals surface area contributed by atoms with E-state index in [4.69, 9.17) is 10.7 Å². The lowest BCUT2D eigenvalue weighted by Crippen LogP contribution is -2.19. The summed E-state index contributed by atoms with van der Waals surface area (Å²) in [5.74, 6) is 1.42. The number of nitrogens with zero attached hydrogens (tertiary/aromatic N) is 4. The molecule has 5 rings (SSSR count). The Kier molecular flexibility index (Phi) is 5.51. The average molecular weight is 459 g/mol. The van der Waals surface area contributed by atoms with E-state index in [0.29, 0.717) is 23.0 Å². The molecule has 6 nitrogen and oxygen atoms in total. The van der Waals surface area contributed by atoms with Crippen LogP contribution in [0.4, 0.5) is 15.9 Å². The van der Waals surface area contributed by atoms with Crippen LogP contribution in [0.25, 0.3) is 22.2 Å². The van der Waals surface area contributed by atoms with Crippen LogP contribution in [0.5, 0.6) is 0 Å². The van der Waals surface area contributed by atoms with Gasteiger partial charge in [-0.1, -0.05) is 19.1 Å². The highest BCUT2D eigenvalue weighted by Crippen LogP contribution is 2.32. The number of hydrogen-bond acceptors (Lipinski definition) is 6. The maximum Gasteiger partial charge on any atom is 0.182 e. The number of anilines is 2. The van der Waals surface area contributed by atoms with Crippen molar-refractivity contribution in [1.29, 1.82) is 0 Å². The molecule has 0 bridgehead atoms. The number of nitrogen functional groups attached to an aromatic ring is 1. The minimum Gasteiger partial charge on any atom is -0.383 e. The predicted octanol–water partition coefficient (Wildman–Crippen LogP) is 5.58. The summed E-state index contributed by atoms with van der Waals surface area (Å²) in [6, 6.07) is 14.4. The number of thiophene rings is 1. The van der Waals surface area contributed by atoms with Crippen LogP contribution in [0, 0.1) is 5.82 Å². The van der Waals surface area contributed by atoms with Crippen LogP contribution in [0.2, 0.25) is 0 Å². The number of rotatable bonds is 6. The number of halogens is 1. The van der Waals surface area contributed by atoms with Gasteiger partial charge in [0.05, 0.1) is 0 Å². The van der Waals surface area contributed by atoms with Crippen LogP contribution in [0.1, 0.15) is 29.9 Å². The van der Waals surface area contributed by atoms with Crippen molar-refractivity contribution in [2.75, 3.05) is 11.1 Å². The first-order valence-corrected chi connectivity index (χ1v) is 11.6. The van der Waals surface area contributed by atoms with Gasteiger partial charge in [-0.15, -0.1) is 0 Å². The molecule has 0 saturated heterocycles. The van der Waals surface area contributed by atoms with Crippen molar-refractivity contribution < 1.29 is 4.39 Å². The van der Waals surface area contributed by atoms with E-state index < -0.39 is 6.04 Å². The van der Waals surface area contributed by atoms with E-state index in [1.807, 2.05) is 60.3 Å². The monoisotopic (exact) mass is 458 g/mol. The number of fused-ring (bicyclic) bond motifs is 1. The standard InChI is InChI=1S/C25H23FN6S/c1-3-15-4-7-21(26)20(12-15)22(25-30-24(31-32(25)2)17-9-11-33-14-17)29-18-5-6-19-16(13-18)8-10-28-23(19)27/h4-14,22,29H,3H2,1-2H3,(H2,27,28). The Morgan fingerprint density at radius 3 is 2.82 bits per heavy atom. The van der Waals surface area contributed by atoms with E-state index in [1.165, 1.54) is 6.07 Å². The normalized spacial score (nSPS) is 12.2. The van der Waals surface area contributed by atoms with Crippen LogP contribution in [-0.2, 0) is 13.5 Å². The Morgan fingerprint density at radius 2 is 2.03 bits per heavy atom. The number of aromatic nitrogens is 4. The Labute approximate surface area is 194 Å². The maximum atomic E-state index is 15.1. The smallest absolute Gasteiger partial charge is 0.182 e. The van der Waals surface area contributed by atoms with Gasteiger partial charge in [0, 0.05) is 40.8 Å². The highest BCUT2D eigenvalue weighted by Gasteiger charge is 2.25. The lowest BCUT2D eigenvalue weighted by Gasteiger charge is -2.21. The molecule has 166 valence electrons. The third kappa shape index (κ3) is 4.05. The van der Waals surface area contributed by atoms with Gasteiger partial charge in [-0.25, -0.2) is 14.4 Å². The molecule has 8 heteroatoms. The highest BCUT2D eigenvalue weighted by atomic mass is 32.1. The maximum absolute atomic E-state index is 15.1. The van der Waals surface area contributed by atoms with Gasteiger partial charge in [-0.3, -0.25) is 4.68 Å². The molecule has 1 atom stereocenters. The Morgan fingerprint density at radius 1 is 1.15 bits per heavy atom. The fourth-order valence-electron chi connectivity index (χ4n) is 3.94. The van der Waals surface area contributed by atoms with E-state index >= 15 is 4.39 Å². The van der Waals surface area contributed by atoms with Gasteiger partial charge in [0.25, 0.3) is 0 Å². The number of aryl methyl sites for hydroxylation is 2. The molecule has 0 aliphatic carbocycles. The molecule has 3 aromatic heterocycles. The molecule has 0 radical (unpaired) electrons. The number of nitrogens with two attached hydrogens (primary N) is 1. The van der Waals surface area contributed by atoms with E-state index in [0.717, 1.165) is 34.0 Å². The van der Waals surface area contributed by atoms with Crippen molar-refractivity contribution in [3.8, 4) is 11.4 Å². The second-order valence-corrected chi connectivity index (χ2v) is 8.63. The van der Waals surface area contributed by atoms with Crippen molar-refractivity contribution in [3.63, 3.8) is 0 Å². The largest absolute Gasteiger partial charge is 0.383 e. The molecule has 3 heterocycles. The number of nitrogens with one attached hydrogen (secondary N) is 1. The minimum atomic E-state index is -0.544. The van der Waals surface area contributed by atoms with E-state index in [9.17, 15) is 0 Å². The summed E-state index contributed by atoms with van der Waals surface area (Å²) in [6.07, 6.45) is 2.49. The van der Waals surface area contributed by atoms with Crippen LogP contribution >= 0.6 is 11.3 Å². The van der Waals surface area contributed by atoms with Gasteiger partial charge in [-0.05, 0) is 59.1 Å². The summed E-state index contributed by atoms with van der Waals surface area (Å²) in [4.78, 5) is 8.95. The van der Waals surface area contributed by atoms with Gasteiger partial charge in [-0.2, -0.15) is 16.4 Å². The fraction of sp³-hybridized carbons (Fsp3) is 0.160. The average Bonchev–Trinajstić information content (AvgIpc) is 3.48. The van der Waals surface area contributed by atoms with Gasteiger partial charge in [0.1, 0.15) is 17.7 Å². The van der Waals surface area contributed by atoms with Gasteiger partial charge in [0.2, 0.25) is 0 Å². The molecule has 0 spiro atoms. The summed E-state index contributed by atoms with van der Waals surface area (Å²) < 4.78 is 16.9. The van der Waals surface area contributed by atoms with Crippen LogP contribution < -0.4 is 11.1 Å². The molecular weight excluding hydrogens is 435 g/mol. The first-order valence-electron chi connectivity index (χ1n) is 10.7. The molecule has 2 aromatic carbocycles. The van der Waals surface area contributed by atoms with Gasteiger partial charge in [0.15, 0.2) is 11.6 Å². The van der Waals surface area contributed by atoms with Crippen molar-refractivity contribution in [2.45, 2.75) is 19.4 Å². The third-order valence-corrected chi connectivity index (χ3v) is 6.40. The Balaban J connectivity index is 1.62. The Bertz CT molecular complexity index is 1430. The first kappa shape index (κ1) is 21.1. The molecule has 1 unspecified atom stereocenters.